The number of carbonyl (C=O) groups excluding carboxylic acids is 3. The molecule has 1 aromatic carbocycles. The highest BCUT2D eigenvalue weighted by Crippen LogP contribution is 2.10. The Morgan fingerprint density at radius 1 is 1.00 bits per heavy atom. The van der Waals surface area contributed by atoms with E-state index < -0.39 is 6.03 Å². The molecule has 8 nitrogen and oxygen atoms in total. The predicted molar refractivity (Wildman–Crippen MR) is 91.5 cm³/mol. The fraction of sp³-hybridized carbons (Fsp3) is 0.235. The Kier molecular flexibility index (Phi) is 6.58. The Morgan fingerprint density at radius 2 is 1.84 bits per heavy atom. The number of benzene rings is 1. The van der Waals surface area contributed by atoms with Crippen LogP contribution in [-0.4, -0.2) is 24.4 Å². The number of amides is 4. The van der Waals surface area contributed by atoms with E-state index >= 15 is 0 Å². The number of hydrogen-bond donors (Lipinski definition) is 4. The molecule has 1 heterocycles. The molecular formula is C17H20N4O4. The Bertz CT molecular complexity index is 728. The van der Waals surface area contributed by atoms with Gasteiger partial charge in [0.05, 0.1) is 19.4 Å². The molecule has 0 bridgehead atoms. The lowest BCUT2D eigenvalue weighted by Gasteiger charge is -2.09. The quantitative estimate of drug-likeness (QED) is 0.607. The van der Waals surface area contributed by atoms with E-state index in [9.17, 15) is 14.4 Å². The molecule has 1 aromatic heterocycles. The summed E-state index contributed by atoms with van der Waals surface area (Å²) in [6, 6.07) is 10.1. The molecule has 25 heavy (non-hydrogen) atoms. The van der Waals surface area contributed by atoms with Crippen LogP contribution < -0.4 is 21.3 Å². The number of urea groups is 1. The highest BCUT2D eigenvalue weighted by atomic mass is 16.3. The largest absolute Gasteiger partial charge is 0.467 e. The summed E-state index contributed by atoms with van der Waals surface area (Å²) in [6.45, 7) is 1.82. The summed E-state index contributed by atoms with van der Waals surface area (Å²) in [7, 11) is 0. The Hall–Kier alpha value is -3.29. The molecule has 0 saturated carbocycles. The Labute approximate surface area is 145 Å². The average molecular weight is 344 g/mol. The van der Waals surface area contributed by atoms with Gasteiger partial charge < -0.3 is 25.7 Å². The van der Waals surface area contributed by atoms with Crippen molar-refractivity contribution in [1.29, 1.82) is 0 Å². The van der Waals surface area contributed by atoms with Crippen molar-refractivity contribution in [3.8, 4) is 0 Å². The normalized spacial score (nSPS) is 9.96. The van der Waals surface area contributed by atoms with E-state index in [-0.39, 0.29) is 24.9 Å². The third-order valence-corrected chi connectivity index (χ3v) is 3.15. The van der Waals surface area contributed by atoms with Gasteiger partial charge in [0.25, 0.3) is 0 Å². The molecular weight excluding hydrogens is 324 g/mol. The van der Waals surface area contributed by atoms with Crippen LogP contribution in [0.25, 0.3) is 0 Å². The van der Waals surface area contributed by atoms with E-state index in [1.165, 1.54) is 13.2 Å². The van der Waals surface area contributed by atoms with Crippen molar-refractivity contribution >= 4 is 23.5 Å². The van der Waals surface area contributed by atoms with Gasteiger partial charge in [-0.2, -0.15) is 0 Å². The Morgan fingerprint density at radius 3 is 2.56 bits per heavy atom. The summed E-state index contributed by atoms with van der Waals surface area (Å²) < 4.78 is 5.08. The van der Waals surface area contributed by atoms with Crippen molar-refractivity contribution < 1.29 is 18.8 Å². The highest BCUT2D eigenvalue weighted by molar-refractivity contribution is 5.88. The number of rotatable bonds is 7. The van der Waals surface area contributed by atoms with Crippen LogP contribution in [0, 0.1) is 0 Å². The van der Waals surface area contributed by atoms with Crippen molar-refractivity contribution in [2.45, 2.75) is 20.0 Å². The lowest BCUT2D eigenvalue weighted by atomic mass is 10.2. The maximum absolute atomic E-state index is 11.8. The second-order valence-electron chi connectivity index (χ2n) is 5.27. The minimum atomic E-state index is -0.459. The zero-order valence-electron chi connectivity index (χ0n) is 13.8. The minimum absolute atomic E-state index is 0.143. The molecule has 0 fully saturated rings. The fourth-order valence-corrected chi connectivity index (χ4v) is 2.03. The van der Waals surface area contributed by atoms with Crippen molar-refractivity contribution in [1.82, 2.24) is 16.0 Å². The maximum Gasteiger partial charge on any atom is 0.315 e. The number of nitrogens with one attached hydrogen (secondary N) is 4. The monoisotopic (exact) mass is 344 g/mol. The van der Waals surface area contributed by atoms with Gasteiger partial charge in [0, 0.05) is 19.2 Å². The highest BCUT2D eigenvalue weighted by Gasteiger charge is 2.06. The summed E-state index contributed by atoms with van der Waals surface area (Å²) in [5.41, 5.74) is 1.50. The van der Waals surface area contributed by atoms with Crippen LogP contribution in [0.5, 0.6) is 0 Å². The topological polar surface area (TPSA) is 112 Å². The van der Waals surface area contributed by atoms with Gasteiger partial charge >= 0.3 is 6.03 Å². The van der Waals surface area contributed by atoms with Crippen LogP contribution >= 0.6 is 0 Å². The van der Waals surface area contributed by atoms with Crippen LogP contribution in [0.3, 0.4) is 0 Å². The van der Waals surface area contributed by atoms with Gasteiger partial charge in [-0.25, -0.2) is 4.79 Å². The lowest BCUT2D eigenvalue weighted by Crippen LogP contribution is -2.41. The van der Waals surface area contributed by atoms with Gasteiger partial charge in [0.15, 0.2) is 0 Å². The van der Waals surface area contributed by atoms with E-state index in [1.54, 1.807) is 30.3 Å². The van der Waals surface area contributed by atoms with Crippen LogP contribution in [-0.2, 0) is 22.7 Å². The Balaban J connectivity index is 1.68. The zero-order valence-corrected chi connectivity index (χ0v) is 13.8. The van der Waals surface area contributed by atoms with Crippen LogP contribution in [0.4, 0.5) is 10.5 Å². The standard InChI is InChI=1S/C17H20N4O4/c1-12(22)21-14-5-2-4-13(8-14)9-18-16(23)11-20-17(24)19-10-15-6-3-7-25-15/h2-8H,9-11H2,1H3,(H,18,23)(H,21,22)(H2,19,20,24). The van der Waals surface area contributed by atoms with Gasteiger partial charge in [-0.1, -0.05) is 12.1 Å². The van der Waals surface area contributed by atoms with Gasteiger partial charge in [-0.15, -0.1) is 0 Å². The lowest BCUT2D eigenvalue weighted by molar-refractivity contribution is -0.120. The summed E-state index contributed by atoms with van der Waals surface area (Å²) in [5, 5.41) is 10.4. The van der Waals surface area contributed by atoms with Gasteiger partial charge in [0.2, 0.25) is 11.8 Å². The number of anilines is 1. The van der Waals surface area contributed by atoms with Gasteiger partial charge in [0.1, 0.15) is 5.76 Å². The molecule has 2 aromatic rings. The zero-order chi connectivity index (χ0) is 18.1. The predicted octanol–water partition coefficient (Wildman–Crippen LogP) is 1.35. The maximum atomic E-state index is 11.8. The SMILES string of the molecule is CC(=O)Nc1cccc(CNC(=O)CNC(=O)NCc2ccco2)c1. The van der Waals surface area contributed by atoms with Crippen LogP contribution in [0.1, 0.15) is 18.2 Å². The van der Waals surface area contributed by atoms with Gasteiger partial charge in [-0.05, 0) is 29.8 Å². The number of hydrogen-bond acceptors (Lipinski definition) is 4. The van der Waals surface area contributed by atoms with E-state index in [1.807, 2.05) is 6.07 Å². The molecule has 0 saturated heterocycles. The van der Waals surface area contributed by atoms with Gasteiger partial charge in [-0.3, -0.25) is 9.59 Å². The third kappa shape index (κ3) is 6.78. The first-order valence-electron chi connectivity index (χ1n) is 7.70. The first-order chi connectivity index (χ1) is 12.0. The average Bonchev–Trinajstić information content (AvgIpc) is 3.09. The molecule has 0 aliphatic heterocycles. The molecule has 132 valence electrons. The van der Waals surface area contributed by atoms with Crippen LogP contribution in [0.2, 0.25) is 0 Å². The third-order valence-electron chi connectivity index (χ3n) is 3.15. The van der Waals surface area contributed by atoms with Crippen molar-refractivity contribution in [2.75, 3.05) is 11.9 Å². The van der Waals surface area contributed by atoms with Crippen molar-refractivity contribution in [3.05, 3.63) is 54.0 Å². The molecule has 8 heteroatoms. The molecule has 0 atom stereocenters. The van der Waals surface area contributed by atoms with E-state index in [0.29, 0.717) is 18.0 Å². The molecule has 0 spiro atoms. The summed E-state index contributed by atoms with van der Waals surface area (Å²) >= 11 is 0. The number of carbonyl (C=O) groups is 3. The molecule has 0 unspecified atom stereocenters. The van der Waals surface area contributed by atoms with Crippen LogP contribution in [0.15, 0.2) is 47.1 Å². The van der Waals surface area contributed by atoms with E-state index in [2.05, 4.69) is 21.3 Å². The number of furan rings is 1. The van der Waals surface area contributed by atoms with E-state index in [0.717, 1.165) is 5.56 Å². The smallest absolute Gasteiger partial charge is 0.315 e. The molecule has 2 rings (SSSR count). The molecule has 4 N–H and O–H groups in total. The summed E-state index contributed by atoms with van der Waals surface area (Å²) in [4.78, 5) is 34.4. The molecule has 0 aliphatic rings. The fourth-order valence-electron chi connectivity index (χ4n) is 2.03. The summed E-state index contributed by atoms with van der Waals surface area (Å²) in [6.07, 6.45) is 1.52. The van der Waals surface area contributed by atoms with E-state index in [4.69, 9.17) is 4.42 Å². The molecule has 0 aliphatic carbocycles. The minimum Gasteiger partial charge on any atom is -0.467 e. The van der Waals surface area contributed by atoms with Crippen molar-refractivity contribution in [3.63, 3.8) is 0 Å². The first-order valence-corrected chi connectivity index (χ1v) is 7.70. The molecule has 4 amide bonds. The second kappa shape index (κ2) is 9.11. The molecule has 0 radical (unpaired) electrons. The first kappa shape index (κ1) is 18.1. The second-order valence-corrected chi connectivity index (χ2v) is 5.27. The summed E-state index contributed by atoms with van der Waals surface area (Å²) in [5.74, 6) is 0.141. The van der Waals surface area contributed by atoms with Crippen molar-refractivity contribution in [2.24, 2.45) is 0 Å².